The predicted octanol–water partition coefficient (Wildman–Crippen LogP) is -2.22. The summed E-state index contributed by atoms with van der Waals surface area (Å²) in [7, 11) is 0. The molecule has 0 aromatic carbocycles. The highest BCUT2D eigenvalue weighted by atomic mass is 16.4. The highest BCUT2D eigenvalue weighted by Crippen LogP contribution is 2.05. The van der Waals surface area contributed by atoms with Crippen LogP contribution in [0.5, 0.6) is 0 Å². The fourth-order valence-electron chi connectivity index (χ4n) is 2.27. The summed E-state index contributed by atoms with van der Waals surface area (Å²) < 4.78 is 0. The first-order valence-electron chi connectivity index (χ1n) is 9.11. The Hall–Kier alpha value is -2.73. The van der Waals surface area contributed by atoms with E-state index in [1.54, 1.807) is 0 Å². The van der Waals surface area contributed by atoms with E-state index in [1.165, 1.54) is 6.92 Å². The van der Waals surface area contributed by atoms with Crippen molar-refractivity contribution in [3.63, 3.8) is 0 Å². The van der Waals surface area contributed by atoms with Crippen LogP contribution >= 0.6 is 0 Å². The van der Waals surface area contributed by atoms with Crippen LogP contribution in [-0.2, 0) is 24.0 Å². The molecule has 0 radical (unpaired) electrons. The van der Waals surface area contributed by atoms with Gasteiger partial charge in [0.25, 0.3) is 0 Å². The molecule has 0 aromatic heterocycles. The lowest BCUT2D eigenvalue weighted by atomic mass is 10.0. The van der Waals surface area contributed by atoms with E-state index in [9.17, 15) is 29.1 Å². The number of carbonyl (C=O) groups is 5. The summed E-state index contributed by atoms with van der Waals surface area (Å²) in [5, 5.41) is 33.6. The number of carboxylic acid groups (broad SMARTS) is 2. The standard InChI is InChI=1S/C17H30N4O8/c1-8(2)6-10(18)14(25)20-11(4-5-13(23)24)15(26)21-12(7-22)16(27)19-9(3)17(28)29/h8-12,22H,4-7,18H2,1-3H3,(H,19,27)(H,20,25)(H,21,26)(H,23,24)(H,28,29). The fraction of sp³-hybridized carbons (Fsp3) is 0.706. The predicted molar refractivity (Wildman–Crippen MR) is 100 cm³/mol. The number of carbonyl (C=O) groups excluding carboxylic acids is 3. The first-order chi connectivity index (χ1) is 13.4. The molecular weight excluding hydrogens is 388 g/mol. The number of aliphatic hydroxyl groups is 1. The molecule has 8 N–H and O–H groups in total. The van der Waals surface area contributed by atoms with Gasteiger partial charge in [0.2, 0.25) is 17.7 Å². The van der Waals surface area contributed by atoms with Gasteiger partial charge < -0.3 is 37.0 Å². The van der Waals surface area contributed by atoms with Gasteiger partial charge in [-0.25, -0.2) is 0 Å². The van der Waals surface area contributed by atoms with Crippen molar-refractivity contribution in [1.29, 1.82) is 0 Å². The second-order valence-corrected chi connectivity index (χ2v) is 7.04. The zero-order valence-corrected chi connectivity index (χ0v) is 16.7. The van der Waals surface area contributed by atoms with E-state index < -0.39 is 66.9 Å². The molecule has 0 rings (SSSR count). The molecule has 0 aliphatic carbocycles. The van der Waals surface area contributed by atoms with E-state index in [-0.39, 0.29) is 12.3 Å². The summed E-state index contributed by atoms with van der Waals surface area (Å²) in [6, 6.07) is -4.97. The van der Waals surface area contributed by atoms with Crippen molar-refractivity contribution >= 4 is 29.7 Å². The molecular formula is C17H30N4O8. The van der Waals surface area contributed by atoms with E-state index in [4.69, 9.17) is 15.9 Å². The molecule has 0 fully saturated rings. The van der Waals surface area contributed by atoms with Gasteiger partial charge in [0.05, 0.1) is 12.6 Å². The van der Waals surface area contributed by atoms with E-state index in [0.717, 1.165) is 0 Å². The summed E-state index contributed by atoms with van der Waals surface area (Å²) in [6.45, 7) is 4.06. The molecule has 3 amide bonds. The van der Waals surface area contributed by atoms with Gasteiger partial charge in [0, 0.05) is 6.42 Å². The average molecular weight is 418 g/mol. The van der Waals surface area contributed by atoms with Crippen LogP contribution in [0.2, 0.25) is 0 Å². The topological polar surface area (TPSA) is 208 Å². The summed E-state index contributed by atoms with van der Waals surface area (Å²) in [6.07, 6.45) is -0.371. The number of hydrogen-bond donors (Lipinski definition) is 7. The van der Waals surface area contributed by atoms with Gasteiger partial charge in [-0.1, -0.05) is 13.8 Å². The van der Waals surface area contributed by atoms with Crippen LogP contribution in [0, 0.1) is 5.92 Å². The minimum atomic E-state index is -1.49. The Labute approximate surface area is 168 Å². The first-order valence-corrected chi connectivity index (χ1v) is 9.11. The first kappa shape index (κ1) is 26.3. The van der Waals surface area contributed by atoms with Crippen LogP contribution < -0.4 is 21.7 Å². The molecule has 12 nitrogen and oxygen atoms in total. The number of hydrogen-bond acceptors (Lipinski definition) is 7. The molecule has 0 saturated heterocycles. The van der Waals surface area contributed by atoms with Crippen molar-refractivity contribution in [3.05, 3.63) is 0 Å². The third-order valence-electron chi connectivity index (χ3n) is 3.89. The Morgan fingerprint density at radius 2 is 1.38 bits per heavy atom. The fourth-order valence-corrected chi connectivity index (χ4v) is 2.27. The Morgan fingerprint density at radius 1 is 0.862 bits per heavy atom. The van der Waals surface area contributed by atoms with E-state index in [2.05, 4.69) is 16.0 Å². The number of rotatable bonds is 13. The third-order valence-corrected chi connectivity index (χ3v) is 3.89. The quantitative estimate of drug-likeness (QED) is 0.172. The van der Waals surface area contributed by atoms with Crippen LogP contribution in [0.3, 0.4) is 0 Å². The van der Waals surface area contributed by atoms with Crippen molar-refractivity contribution in [2.24, 2.45) is 11.7 Å². The molecule has 0 aromatic rings. The van der Waals surface area contributed by atoms with Crippen LogP contribution in [0.4, 0.5) is 0 Å². The number of amides is 3. The van der Waals surface area contributed by atoms with Crippen LogP contribution in [-0.4, -0.2) is 75.8 Å². The van der Waals surface area contributed by atoms with Crippen molar-refractivity contribution in [1.82, 2.24) is 16.0 Å². The molecule has 12 heteroatoms. The van der Waals surface area contributed by atoms with Crippen molar-refractivity contribution in [3.8, 4) is 0 Å². The summed E-state index contributed by atoms with van der Waals surface area (Å²) in [5.41, 5.74) is 5.76. The molecule has 0 heterocycles. The summed E-state index contributed by atoms with van der Waals surface area (Å²) in [4.78, 5) is 58.3. The SMILES string of the molecule is CC(C)CC(N)C(=O)NC(CCC(=O)O)C(=O)NC(CO)C(=O)NC(C)C(=O)O. The van der Waals surface area contributed by atoms with Crippen LogP contribution in [0.25, 0.3) is 0 Å². The van der Waals surface area contributed by atoms with Gasteiger partial charge in [0.1, 0.15) is 18.1 Å². The highest BCUT2D eigenvalue weighted by Gasteiger charge is 2.29. The van der Waals surface area contributed by atoms with Gasteiger partial charge in [-0.3, -0.25) is 24.0 Å². The molecule has 4 atom stereocenters. The normalized spacial score (nSPS) is 15.0. The van der Waals surface area contributed by atoms with Gasteiger partial charge >= 0.3 is 11.9 Å². The van der Waals surface area contributed by atoms with Crippen molar-refractivity contribution in [2.45, 2.75) is 64.2 Å². The second kappa shape index (κ2) is 12.7. The van der Waals surface area contributed by atoms with E-state index >= 15 is 0 Å². The van der Waals surface area contributed by atoms with Crippen molar-refractivity contribution in [2.75, 3.05) is 6.61 Å². The summed E-state index contributed by atoms with van der Waals surface area (Å²) >= 11 is 0. The monoisotopic (exact) mass is 418 g/mol. The smallest absolute Gasteiger partial charge is 0.325 e. The molecule has 0 spiro atoms. The van der Waals surface area contributed by atoms with Crippen LogP contribution in [0.15, 0.2) is 0 Å². The number of aliphatic hydroxyl groups excluding tert-OH is 1. The molecule has 4 unspecified atom stereocenters. The third kappa shape index (κ3) is 10.4. The molecule has 0 bridgehead atoms. The largest absolute Gasteiger partial charge is 0.481 e. The highest BCUT2D eigenvalue weighted by molar-refractivity contribution is 5.94. The number of nitrogens with one attached hydrogen (secondary N) is 3. The Morgan fingerprint density at radius 3 is 1.83 bits per heavy atom. The van der Waals surface area contributed by atoms with E-state index in [0.29, 0.717) is 6.42 Å². The summed E-state index contributed by atoms with van der Waals surface area (Å²) in [5.74, 6) is -4.92. The molecule has 166 valence electrons. The number of nitrogens with two attached hydrogens (primary N) is 1. The Balaban J connectivity index is 5.16. The molecule has 0 aliphatic rings. The maximum atomic E-state index is 12.5. The number of aliphatic carboxylic acids is 2. The zero-order valence-electron chi connectivity index (χ0n) is 16.7. The number of carboxylic acids is 2. The zero-order chi connectivity index (χ0) is 22.7. The Bertz CT molecular complexity index is 610. The van der Waals surface area contributed by atoms with Gasteiger partial charge in [0.15, 0.2) is 0 Å². The van der Waals surface area contributed by atoms with Gasteiger partial charge in [-0.2, -0.15) is 0 Å². The second-order valence-electron chi connectivity index (χ2n) is 7.04. The lowest BCUT2D eigenvalue weighted by Crippen LogP contribution is -2.57. The van der Waals surface area contributed by atoms with Crippen molar-refractivity contribution < 1.29 is 39.3 Å². The molecule has 0 aliphatic heterocycles. The van der Waals surface area contributed by atoms with Gasteiger partial charge in [-0.15, -0.1) is 0 Å². The Kier molecular flexibility index (Phi) is 11.5. The van der Waals surface area contributed by atoms with Gasteiger partial charge in [-0.05, 0) is 25.7 Å². The molecule has 0 saturated carbocycles. The molecule has 29 heavy (non-hydrogen) atoms. The maximum Gasteiger partial charge on any atom is 0.325 e. The lowest BCUT2D eigenvalue weighted by Gasteiger charge is -2.24. The van der Waals surface area contributed by atoms with Crippen LogP contribution in [0.1, 0.15) is 40.0 Å². The maximum absolute atomic E-state index is 12.5. The minimum Gasteiger partial charge on any atom is -0.481 e. The minimum absolute atomic E-state index is 0.112. The average Bonchev–Trinajstić information content (AvgIpc) is 2.61. The van der Waals surface area contributed by atoms with E-state index in [1.807, 2.05) is 13.8 Å². The lowest BCUT2D eigenvalue weighted by molar-refractivity contribution is -0.142.